The molecule has 2 atom stereocenters. The van der Waals surface area contributed by atoms with Crippen LogP contribution in [0.2, 0.25) is 0 Å². The van der Waals surface area contributed by atoms with Gasteiger partial charge in [0.15, 0.2) is 0 Å². The van der Waals surface area contributed by atoms with E-state index in [-0.39, 0.29) is 29.9 Å². The van der Waals surface area contributed by atoms with Gasteiger partial charge in [0.2, 0.25) is 21.8 Å². The van der Waals surface area contributed by atoms with Gasteiger partial charge in [0.25, 0.3) is 5.69 Å². The maximum atomic E-state index is 13.5. The predicted octanol–water partition coefficient (Wildman–Crippen LogP) is 3.00. The van der Waals surface area contributed by atoms with Crippen molar-refractivity contribution >= 4 is 33.2 Å². The predicted molar refractivity (Wildman–Crippen MR) is 134 cm³/mol. The van der Waals surface area contributed by atoms with Gasteiger partial charge in [-0.05, 0) is 38.3 Å². The molecule has 0 unspecified atom stereocenters. The van der Waals surface area contributed by atoms with Crippen LogP contribution in [0, 0.1) is 17.0 Å². The lowest BCUT2D eigenvalue weighted by Crippen LogP contribution is -2.52. The Kier molecular flexibility index (Phi) is 9.35. The van der Waals surface area contributed by atoms with E-state index < -0.39 is 33.4 Å². The van der Waals surface area contributed by atoms with Gasteiger partial charge in [-0.25, -0.2) is 8.42 Å². The summed E-state index contributed by atoms with van der Waals surface area (Å²) in [5.41, 5.74) is 0.952. The van der Waals surface area contributed by atoms with Gasteiger partial charge in [0, 0.05) is 24.7 Å². The molecule has 2 amide bonds. The second kappa shape index (κ2) is 11.8. The van der Waals surface area contributed by atoms with Crippen LogP contribution in [0.5, 0.6) is 0 Å². The molecule has 0 aliphatic heterocycles. The smallest absolute Gasteiger partial charge is 0.271 e. The maximum absolute atomic E-state index is 13.5. The number of hydrogen-bond acceptors (Lipinski definition) is 6. The molecule has 0 saturated carbocycles. The SMILES string of the molecule is CC[C@H](C)NC(=O)[C@@H](C)N(Cc1ccccc1)C(=O)CN(c1cc([N+](=O)[O-])ccc1C)S(C)(=O)=O. The Hall–Kier alpha value is -3.47. The summed E-state index contributed by atoms with van der Waals surface area (Å²) in [4.78, 5) is 38.3. The van der Waals surface area contributed by atoms with Crippen molar-refractivity contribution in [3.8, 4) is 0 Å². The number of sulfonamides is 1. The Balaban J connectivity index is 2.45. The molecule has 0 heterocycles. The molecule has 0 aliphatic carbocycles. The number of nitrogens with one attached hydrogen (secondary N) is 1. The number of non-ortho nitro benzene ring substituents is 1. The highest BCUT2D eigenvalue weighted by Crippen LogP contribution is 2.28. The van der Waals surface area contributed by atoms with Crippen molar-refractivity contribution in [3.05, 3.63) is 69.8 Å². The van der Waals surface area contributed by atoms with Gasteiger partial charge in [-0.3, -0.25) is 24.0 Å². The number of carbonyl (C=O) groups is 2. The first-order valence-electron chi connectivity index (χ1n) is 11.2. The highest BCUT2D eigenvalue weighted by atomic mass is 32.2. The van der Waals surface area contributed by atoms with E-state index in [0.717, 1.165) is 22.2 Å². The summed E-state index contributed by atoms with van der Waals surface area (Å²) in [6, 6.07) is 11.9. The summed E-state index contributed by atoms with van der Waals surface area (Å²) in [6.45, 7) is 6.43. The number of anilines is 1. The zero-order valence-corrected chi connectivity index (χ0v) is 21.4. The van der Waals surface area contributed by atoms with Crippen molar-refractivity contribution in [2.75, 3.05) is 17.1 Å². The summed E-state index contributed by atoms with van der Waals surface area (Å²) >= 11 is 0. The lowest BCUT2D eigenvalue weighted by Gasteiger charge is -2.32. The number of nitro groups is 1. The Morgan fingerprint density at radius 3 is 2.29 bits per heavy atom. The monoisotopic (exact) mass is 504 g/mol. The van der Waals surface area contributed by atoms with E-state index in [4.69, 9.17) is 0 Å². The van der Waals surface area contributed by atoms with Crippen LogP contribution in [0.1, 0.15) is 38.3 Å². The fraction of sp³-hybridized carbons (Fsp3) is 0.417. The Labute approximate surface area is 206 Å². The number of amides is 2. The summed E-state index contributed by atoms with van der Waals surface area (Å²) in [7, 11) is -3.99. The van der Waals surface area contributed by atoms with Crippen molar-refractivity contribution in [1.29, 1.82) is 0 Å². The molecule has 190 valence electrons. The first-order chi connectivity index (χ1) is 16.3. The number of hydrogen-bond donors (Lipinski definition) is 1. The molecule has 2 aromatic rings. The molecule has 35 heavy (non-hydrogen) atoms. The Bertz CT molecular complexity index is 1170. The van der Waals surface area contributed by atoms with Gasteiger partial charge < -0.3 is 10.2 Å². The molecule has 0 spiro atoms. The second-order valence-corrected chi connectivity index (χ2v) is 10.4. The largest absolute Gasteiger partial charge is 0.352 e. The molecule has 2 aromatic carbocycles. The second-order valence-electron chi connectivity index (χ2n) is 8.50. The lowest BCUT2D eigenvalue weighted by atomic mass is 10.1. The molecule has 10 nitrogen and oxygen atoms in total. The number of nitrogens with zero attached hydrogens (tertiary/aromatic N) is 3. The fourth-order valence-corrected chi connectivity index (χ4v) is 4.30. The van der Waals surface area contributed by atoms with Crippen molar-refractivity contribution in [3.63, 3.8) is 0 Å². The molecule has 0 bridgehead atoms. The summed E-state index contributed by atoms with van der Waals surface area (Å²) in [5, 5.41) is 14.1. The van der Waals surface area contributed by atoms with Crippen LogP contribution in [-0.2, 0) is 26.2 Å². The third-order valence-electron chi connectivity index (χ3n) is 5.72. The van der Waals surface area contributed by atoms with Gasteiger partial charge in [0.05, 0.1) is 16.9 Å². The average Bonchev–Trinajstić information content (AvgIpc) is 2.80. The van der Waals surface area contributed by atoms with Gasteiger partial charge in [-0.1, -0.05) is 43.3 Å². The van der Waals surface area contributed by atoms with Crippen molar-refractivity contribution in [2.24, 2.45) is 0 Å². The topological polar surface area (TPSA) is 130 Å². The van der Waals surface area contributed by atoms with Gasteiger partial charge in [-0.2, -0.15) is 0 Å². The van der Waals surface area contributed by atoms with E-state index >= 15 is 0 Å². The highest BCUT2D eigenvalue weighted by molar-refractivity contribution is 7.92. The van der Waals surface area contributed by atoms with Crippen LogP contribution < -0.4 is 9.62 Å². The van der Waals surface area contributed by atoms with Crippen molar-refractivity contribution in [1.82, 2.24) is 10.2 Å². The third kappa shape index (κ3) is 7.51. The minimum Gasteiger partial charge on any atom is -0.352 e. The Morgan fingerprint density at radius 2 is 1.74 bits per heavy atom. The molecular weight excluding hydrogens is 472 g/mol. The minimum atomic E-state index is -3.99. The summed E-state index contributed by atoms with van der Waals surface area (Å²) in [5.74, 6) is -0.974. The van der Waals surface area contributed by atoms with E-state index in [9.17, 15) is 28.1 Å². The van der Waals surface area contributed by atoms with E-state index in [2.05, 4.69) is 5.32 Å². The van der Waals surface area contributed by atoms with E-state index in [1.807, 2.05) is 19.9 Å². The molecule has 0 aliphatic rings. The highest BCUT2D eigenvalue weighted by Gasteiger charge is 2.31. The number of aryl methyl sites for hydroxylation is 1. The quantitative estimate of drug-likeness (QED) is 0.370. The van der Waals surface area contributed by atoms with Gasteiger partial charge in [0.1, 0.15) is 12.6 Å². The third-order valence-corrected chi connectivity index (χ3v) is 6.84. The molecule has 0 aromatic heterocycles. The fourth-order valence-electron chi connectivity index (χ4n) is 3.40. The standard InChI is InChI=1S/C24H32N4O6S/c1-6-18(3)25-24(30)19(4)26(15-20-10-8-7-9-11-20)23(29)16-27(35(5,33)34)22-14-21(28(31)32)13-12-17(22)2/h7-14,18-19H,6,15-16H2,1-5H3,(H,25,30)/t18-,19+/m0/s1. The average molecular weight is 505 g/mol. The van der Waals surface area contributed by atoms with Crippen molar-refractivity contribution < 1.29 is 22.9 Å². The minimum absolute atomic E-state index is 0.0337. The van der Waals surface area contributed by atoms with Crippen LogP contribution in [-0.4, -0.2) is 54.9 Å². The number of rotatable bonds is 11. The van der Waals surface area contributed by atoms with E-state index in [0.29, 0.717) is 12.0 Å². The molecule has 2 rings (SSSR count). The first kappa shape index (κ1) is 27.8. The van der Waals surface area contributed by atoms with E-state index in [1.165, 1.54) is 17.0 Å². The maximum Gasteiger partial charge on any atom is 0.271 e. The van der Waals surface area contributed by atoms with Crippen molar-refractivity contribution in [2.45, 2.75) is 52.7 Å². The molecule has 1 N–H and O–H groups in total. The summed E-state index contributed by atoms with van der Waals surface area (Å²) in [6.07, 6.45) is 1.64. The molecule has 0 saturated heterocycles. The zero-order chi connectivity index (χ0) is 26.3. The number of nitro benzene ring substituents is 1. The van der Waals surface area contributed by atoms with Gasteiger partial charge >= 0.3 is 0 Å². The van der Waals surface area contributed by atoms with Crippen LogP contribution in [0.3, 0.4) is 0 Å². The normalized spacial score (nSPS) is 12.9. The number of carbonyl (C=O) groups excluding carboxylic acids is 2. The van der Waals surface area contributed by atoms with E-state index in [1.54, 1.807) is 38.1 Å². The number of benzene rings is 2. The van der Waals surface area contributed by atoms with Gasteiger partial charge in [-0.15, -0.1) is 0 Å². The molecular formula is C24H32N4O6S. The summed E-state index contributed by atoms with van der Waals surface area (Å²) < 4.78 is 26.2. The first-order valence-corrected chi connectivity index (χ1v) is 13.1. The van der Waals surface area contributed by atoms with Crippen LogP contribution in [0.25, 0.3) is 0 Å². The molecule has 0 radical (unpaired) electrons. The Morgan fingerprint density at radius 1 is 1.11 bits per heavy atom. The van der Waals surface area contributed by atoms with Crippen LogP contribution in [0.4, 0.5) is 11.4 Å². The van der Waals surface area contributed by atoms with Crippen LogP contribution in [0.15, 0.2) is 48.5 Å². The molecule has 0 fully saturated rings. The zero-order valence-electron chi connectivity index (χ0n) is 20.6. The molecule has 11 heteroatoms. The lowest BCUT2D eigenvalue weighted by molar-refractivity contribution is -0.384. The van der Waals surface area contributed by atoms with Crippen LogP contribution >= 0.6 is 0 Å².